The Balaban J connectivity index is 1.63. The third kappa shape index (κ3) is 3.57. The minimum Gasteiger partial charge on any atom is -0.496 e. The van der Waals surface area contributed by atoms with Crippen molar-refractivity contribution in [2.75, 3.05) is 13.7 Å². The monoisotopic (exact) mass is 353 g/mol. The highest BCUT2D eigenvalue weighted by atomic mass is 16.5. The Kier molecular flexibility index (Phi) is 5.26. The molecule has 5 heteroatoms. The molecule has 5 nitrogen and oxygen atoms in total. The molecule has 0 fully saturated rings. The number of carbonyl (C=O) groups is 2. The standard InChI is InChI=1S/C21H23NO4/c1-13-8-9-18(21-16(23)10-14(2)20(13)21)26-12-19(24)22-11-15-6-4-5-7-17(15)25-3/h4-9,14H,10-12H2,1-3H3,(H,22,24). The Labute approximate surface area is 153 Å². The number of ketones is 1. The van der Waals surface area contributed by atoms with E-state index in [-0.39, 0.29) is 24.2 Å². The van der Waals surface area contributed by atoms with Crippen molar-refractivity contribution in [1.82, 2.24) is 5.32 Å². The summed E-state index contributed by atoms with van der Waals surface area (Å²) in [4.78, 5) is 24.4. The van der Waals surface area contributed by atoms with Crippen LogP contribution in [0.25, 0.3) is 0 Å². The molecule has 2 aromatic rings. The highest BCUT2D eigenvalue weighted by molar-refractivity contribution is 6.04. The van der Waals surface area contributed by atoms with Gasteiger partial charge < -0.3 is 14.8 Å². The van der Waals surface area contributed by atoms with Gasteiger partial charge in [0, 0.05) is 18.5 Å². The fraction of sp³-hybridized carbons (Fsp3) is 0.333. The van der Waals surface area contributed by atoms with Gasteiger partial charge >= 0.3 is 0 Å². The molecule has 1 aliphatic rings. The van der Waals surface area contributed by atoms with Crippen molar-refractivity contribution in [3.8, 4) is 11.5 Å². The van der Waals surface area contributed by atoms with Crippen molar-refractivity contribution in [3.05, 3.63) is 58.7 Å². The van der Waals surface area contributed by atoms with E-state index in [1.165, 1.54) is 0 Å². The largest absolute Gasteiger partial charge is 0.496 e. The average molecular weight is 353 g/mol. The highest BCUT2D eigenvalue weighted by Gasteiger charge is 2.31. The predicted molar refractivity (Wildman–Crippen MR) is 98.9 cm³/mol. The van der Waals surface area contributed by atoms with Gasteiger partial charge in [-0.05, 0) is 36.1 Å². The quantitative estimate of drug-likeness (QED) is 0.865. The lowest BCUT2D eigenvalue weighted by Gasteiger charge is -2.14. The molecule has 3 rings (SSSR count). The number of nitrogens with one attached hydrogen (secondary N) is 1. The SMILES string of the molecule is COc1ccccc1CNC(=O)COc1ccc(C)c2c1C(=O)CC2C. The number of para-hydroxylation sites is 1. The molecule has 0 aromatic heterocycles. The normalized spacial score (nSPS) is 15.5. The molecule has 2 aromatic carbocycles. The molecule has 0 heterocycles. The van der Waals surface area contributed by atoms with E-state index in [1.807, 2.05) is 44.2 Å². The van der Waals surface area contributed by atoms with Crippen molar-refractivity contribution in [2.24, 2.45) is 0 Å². The van der Waals surface area contributed by atoms with Gasteiger partial charge in [0.05, 0.1) is 12.7 Å². The number of rotatable bonds is 6. The number of carbonyl (C=O) groups excluding carboxylic acids is 2. The predicted octanol–water partition coefficient (Wildman–Crippen LogP) is 3.39. The second-order valence-corrected chi connectivity index (χ2v) is 6.57. The average Bonchev–Trinajstić information content (AvgIpc) is 2.95. The second-order valence-electron chi connectivity index (χ2n) is 6.57. The Morgan fingerprint density at radius 2 is 1.96 bits per heavy atom. The first-order valence-corrected chi connectivity index (χ1v) is 8.69. The minimum absolute atomic E-state index is 0.0839. The first kappa shape index (κ1) is 18.0. The third-order valence-corrected chi connectivity index (χ3v) is 4.72. The van der Waals surface area contributed by atoms with Crippen LogP contribution in [0, 0.1) is 6.92 Å². The maximum Gasteiger partial charge on any atom is 0.258 e. The molecule has 0 saturated heterocycles. The zero-order valence-corrected chi connectivity index (χ0v) is 15.3. The second kappa shape index (κ2) is 7.60. The summed E-state index contributed by atoms with van der Waals surface area (Å²) >= 11 is 0. The molecular formula is C21H23NO4. The van der Waals surface area contributed by atoms with Gasteiger partial charge in [-0.25, -0.2) is 0 Å². The van der Waals surface area contributed by atoms with Crippen molar-refractivity contribution in [3.63, 3.8) is 0 Å². The molecule has 0 spiro atoms. The lowest BCUT2D eigenvalue weighted by molar-refractivity contribution is -0.123. The molecule has 1 unspecified atom stereocenters. The smallest absolute Gasteiger partial charge is 0.258 e. The molecule has 0 saturated carbocycles. The van der Waals surface area contributed by atoms with Crippen LogP contribution in [0.4, 0.5) is 0 Å². The van der Waals surface area contributed by atoms with Crippen molar-refractivity contribution >= 4 is 11.7 Å². The Bertz CT molecular complexity index is 844. The third-order valence-electron chi connectivity index (χ3n) is 4.72. The number of fused-ring (bicyclic) bond motifs is 1. The van der Waals surface area contributed by atoms with E-state index >= 15 is 0 Å². The fourth-order valence-corrected chi connectivity index (χ4v) is 3.47. The maximum atomic E-state index is 12.3. The van der Waals surface area contributed by atoms with Gasteiger partial charge in [0.1, 0.15) is 11.5 Å². The van der Waals surface area contributed by atoms with E-state index < -0.39 is 0 Å². The van der Waals surface area contributed by atoms with Gasteiger partial charge in [-0.3, -0.25) is 9.59 Å². The number of ether oxygens (including phenoxy) is 2. The van der Waals surface area contributed by atoms with Crippen LogP contribution in [0.1, 0.15) is 46.3 Å². The van der Waals surface area contributed by atoms with Crippen LogP contribution in [0.15, 0.2) is 36.4 Å². The lowest BCUT2D eigenvalue weighted by Crippen LogP contribution is -2.28. The molecule has 1 atom stereocenters. The van der Waals surface area contributed by atoms with Crippen LogP contribution in [0.5, 0.6) is 11.5 Å². The summed E-state index contributed by atoms with van der Waals surface area (Å²) < 4.78 is 10.9. The molecule has 1 aliphatic carbocycles. The molecular weight excluding hydrogens is 330 g/mol. The summed E-state index contributed by atoms with van der Waals surface area (Å²) in [6.45, 7) is 4.26. The van der Waals surface area contributed by atoms with Crippen molar-refractivity contribution < 1.29 is 19.1 Å². The summed E-state index contributed by atoms with van der Waals surface area (Å²) in [5.74, 6) is 1.25. The van der Waals surface area contributed by atoms with Gasteiger partial charge in [0.2, 0.25) is 0 Å². The maximum absolute atomic E-state index is 12.3. The molecule has 0 radical (unpaired) electrons. The fourth-order valence-electron chi connectivity index (χ4n) is 3.47. The Morgan fingerprint density at radius 1 is 1.19 bits per heavy atom. The van der Waals surface area contributed by atoms with E-state index in [0.29, 0.717) is 24.3 Å². The number of Topliss-reactive ketones (excluding diaryl/α,β-unsaturated/α-hetero) is 1. The van der Waals surface area contributed by atoms with Gasteiger partial charge in [-0.15, -0.1) is 0 Å². The van der Waals surface area contributed by atoms with Crippen LogP contribution < -0.4 is 14.8 Å². The van der Waals surface area contributed by atoms with E-state index in [1.54, 1.807) is 13.2 Å². The van der Waals surface area contributed by atoms with Crippen LogP contribution in [-0.4, -0.2) is 25.4 Å². The number of methoxy groups -OCH3 is 1. The topological polar surface area (TPSA) is 64.6 Å². The number of hydrogen-bond acceptors (Lipinski definition) is 4. The number of benzene rings is 2. The summed E-state index contributed by atoms with van der Waals surface area (Å²) in [5.41, 5.74) is 3.66. The zero-order chi connectivity index (χ0) is 18.7. The van der Waals surface area contributed by atoms with E-state index in [9.17, 15) is 9.59 Å². The Hall–Kier alpha value is -2.82. The highest BCUT2D eigenvalue weighted by Crippen LogP contribution is 2.40. The van der Waals surface area contributed by atoms with Crippen LogP contribution in [-0.2, 0) is 11.3 Å². The zero-order valence-electron chi connectivity index (χ0n) is 15.3. The van der Waals surface area contributed by atoms with Gasteiger partial charge in [0.25, 0.3) is 5.91 Å². The van der Waals surface area contributed by atoms with Crippen LogP contribution in [0.2, 0.25) is 0 Å². The van der Waals surface area contributed by atoms with Crippen LogP contribution >= 0.6 is 0 Å². The van der Waals surface area contributed by atoms with Gasteiger partial charge in [-0.1, -0.05) is 31.2 Å². The minimum atomic E-state index is -0.247. The number of aryl methyl sites for hydroxylation is 1. The summed E-state index contributed by atoms with van der Waals surface area (Å²) in [6, 6.07) is 11.2. The lowest BCUT2D eigenvalue weighted by atomic mass is 9.97. The Morgan fingerprint density at radius 3 is 2.73 bits per heavy atom. The molecule has 1 amide bonds. The summed E-state index contributed by atoms with van der Waals surface area (Å²) in [6.07, 6.45) is 0.497. The first-order valence-electron chi connectivity index (χ1n) is 8.69. The van der Waals surface area contributed by atoms with Gasteiger partial charge in [-0.2, -0.15) is 0 Å². The van der Waals surface area contributed by atoms with Crippen molar-refractivity contribution in [2.45, 2.75) is 32.7 Å². The van der Waals surface area contributed by atoms with E-state index in [0.717, 1.165) is 22.4 Å². The molecule has 26 heavy (non-hydrogen) atoms. The van der Waals surface area contributed by atoms with Gasteiger partial charge in [0.15, 0.2) is 12.4 Å². The van der Waals surface area contributed by atoms with E-state index in [2.05, 4.69) is 5.32 Å². The summed E-state index contributed by atoms with van der Waals surface area (Å²) in [7, 11) is 1.60. The number of amides is 1. The first-order chi connectivity index (χ1) is 12.5. The van der Waals surface area contributed by atoms with E-state index in [4.69, 9.17) is 9.47 Å². The van der Waals surface area contributed by atoms with Crippen molar-refractivity contribution in [1.29, 1.82) is 0 Å². The molecule has 1 N–H and O–H groups in total. The molecule has 0 bridgehead atoms. The molecule has 136 valence electrons. The number of hydrogen-bond donors (Lipinski definition) is 1. The van der Waals surface area contributed by atoms with Crippen LogP contribution in [0.3, 0.4) is 0 Å². The summed E-state index contributed by atoms with van der Waals surface area (Å²) in [5, 5.41) is 2.81. The molecule has 0 aliphatic heterocycles.